The molecule has 0 aromatic carbocycles. The number of rotatable bonds is 8. The number of halogens is 3. The molecule has 1 fully saturated rings. The van der Waals surface area contributed by atoms with Gasteiger partial charge in [-0.05, 0) is 43.2 Å². The molecule has 4 atom stereocenters. The fraction of sp³-hybridized carbons (Fsp3) is 0.480. The lowest BCUT2D eigenvalue weighted by Crippen LogP contribution is -2.47. The van der Waals surface area contributed by atoms with Crippen molar-refractivity contribution in [3.8, 4) is 0 Å². The lowest BCUT2D eigenvalue weighted by Gasteiger charge is -2.38. The van der Waals surface area contributed by atoms with Crippen LogP contribution in [-0.2, 0) is 17.8 Å². The number of aromatic nitrogens is 2. The number of allylic oxidation sites excluding steroid dienone is 1. The maximum Gasteiger partial charge on any atom is 0.390 e. The first kappa shape index (κ1) is 25.1. The largest absolute Gasteiger partial charge is 0.396 e. The molecular formula is C25H29F3N4O3. The Morgan fingerprint density at radius 3 is 2.66 bits per heavy atom. The van der Waals surface area contributed by atoms with Crippen molar-refractivity contribution >= 4 is 12.0 Å². The summed E-state index contributed by atoms with van der Waals surface area (Å²) < 4.78 is 40.9. The van der Waals surface area contributed by atoms with Gasteiger partial charge in [0.2, 0.25) is 5.91 Å². The Morgan fingerprint density at radius 1 is 1.26 bits per heavy atom. The van der Waals surface area contributed by atoms with Gasteiger partial charge in [0.25, 0.3) is 5.56 Å². The van der Waals surface area contributed by atoms with Crippen LogP contribution >= 0.6 is 0 Å². The highest BCUT2D eigenvalue weighted by atomic mass is 19.4. The molecule has 2 bridgehead atoms. The molecule has 0 aliphatic carbocycles. The molecular weight excluding hydrogens is 461 g/mol. The van der Waals surface area contributed by atoms with Crippen LogP contribution in [0.3, 0.4) is 0 Å². The minimum atomic E-state index is -4.36. The van der Waals surface area contributed by atoms with Gasteiger partial charge in [0.05, 0.1) is 18.4 Å². The van der Waals surface area contributed by atoms with Gasteiger partial charge in [-0.25, -0.2) is 0 Å². The molecule has 4 rings (SSSR count). The quantitative estimate of drug-likeness (QED) is 0.594. The van der Waals surface area contributed by atoms with Crippen molar-refractivity contribution in [2.75, 3.05) is 19.7 Å². The third-order valence-corrected chi connectivity index (χ3v) is 6.96. The third-order valence-electron chi connectivity index (χ3n) is 6.96. The minimum absolute atomic E-state index is 0.125. The van der Waals surface area contributed by atoms with Crippen molar-refractivity contribution in [2.45, 2.75) is 44.6 Å². The first-order valence-corrected chi connectivity index (χ1v) is 11.7. The second-order valence-corrected chi connectivity index (χ2v) is 9.01. The van der Waals surface area contributed by atoms with Gasteiger partial charge in [-0.3, -0.25) is 19.5 Å². The van der Waals surface area contributed by atoms with Crippen LogP contribution in [0.2, 0.25) is 0 Å². The molecule has 1 saturated heterocycles. The molecule has 35 heavy (non-hydrogen) atoms. The Kier molecular flexibility index (Phi) is 7.42. The molecule has 4 heterocycles. The van der Waals surface area contributed by atoms with E-state index in [1.165, 1.54) is 0 Å². The predicted octanol–water partition coefficient (Wildman–Crippen LogP) is 2.55. The number of fused-ring (bicyclic) bond motifs is 4. The lowest BCUT2D eigenvalue weighted by atomic mass is 9.86. The van der Waals surface area contributed by atoms with Crippen LogP contribution in [0.1, 0.15) is 36.2 Å². The normalized spacial score (nSPS) is 24.0. The molecule has 0 spiro atoms. The monoisotopic (exact) mass is 490 g/mol. The van der Waals surface area contributed by atoms with E-state index in [0.29, 0.717) is 24.2 Å². The van der Waals surface area contributed by atoms with E-state index in [0.717, 1.165) is 5.56 Å². The summed E-state index contributed by atoms with van der Waals surface area (Å²) >= 11 is 0. The fourth-order valence-corrected chi connectivity index (χ4v) is 5.41. The van der Waals surface area contributed by atoms with E-state index >= 15 is 0 Å². The van der Waals surface area contributed by atoms with Crippen molar-refractivity contribution in [3.63, 3.8) is 0 Å². The average Bonchev–Trinajstić information content (AvgIpc) is 3.05. The van der Waals surface area contributed by atoms with Crippen LogP contribution in [0.4, 0.5) is 13.2 Å². The van der Waals surface area contributed by atoms with Crippen LogP contribution in [0.15, 0.2) is 47.5 Å². The third kappa shape index (κ3) is 5.18. The molecule has 0 radical (unpaired) electrons. The lowest BCUT2D eigenvalue weighted by molar-refractivity contribution is -0.140. The molecule has 1 amide bonds. The summed E-state index contributed by atoms with van der Waals surface area (Å²) in [7, 11) is 0. The predicted molar refractivity (Wildman–Crippen MR) is 124 cm³/mol. The molecule has 2 aromatic heterocycles. The summed E-state index contributed by atoms with van der Waals surface area (Å²) in [5, 5.41) is 13.1. The Hall–Kier alpha value is -2.98. The van der Waals surface area contributed by atoms with E-state index in [1.54, 1.807) is 53.1 Å². The summed E-state index contributed by atoms with van der Waals surface area (Å²) in [6.45, 7) is 1.59. The van der Waals surface area contributed by atoms with E-state index in [4.69, 9.17) is 0 Å². The number of pyridine rings is 2. The highest BCUT2D eigenvalue weighted by Crippen LogP contribution is 2.48. The van der Waals surface area contributed by atoms with Crippen LogP contribution in [0, 0.1) is 11.8 Å². The zero-order valence-electron chi connectivity index (χ0n) is 19.4. The molecule has 7 nitrogen and oxygen atoms in total. The van der Waals surface area contributed by atoms with Gasteiger partial charge in [0, 0.05) is 61.9 Å². The van der Waals surface area contributed by atoms with E-state index < -0.39 is 36.5 Å². The van der Waals surface area contributed by atoms with Gasteiger partial charge in [0.15, 0.2) is 0 Å². The number of alkyl halides is 3. The highest BCUT2D eigenvalue weighted by Gasteiger charge is 2.56. The van der Waals surface area contributed by atoms with Crippen molar-refractivity contribution < 1.29 is 23.1 Å². The molecule has 188 valence electrons. The summed E-state index contributed by atoms with van der Waals surface area (Å²) in [6, 6.07) is 5.75. The average molecular weight is 491 g/mol. The number of hydrogen-bond acceptors (Lipinski definition) is 5. The Morgan fingerprint density at radius 2 is 2.00 bits per heavy atom. The number of carbonyl (C=O) groups is 1. The van der Waals surface area contributed by atoms with E-state index in [-0.39, 0.29) is 31.2 Å². The number of nitrogens with one attached hydrogen (secondary N) is 1. The van der Waals surface area contributed by atoms with Gasteiger partial charge in [-0.15, -0.1) is 0 Å². The van der Waals surface area contributed by atoms with Crippen molar-refractivity contribution in [2.24, 2.45) is 11.8 Å². The van der Waals surface area contributed by atoms with Gasteiger partial charge in [0.1, 0.15) is 0 Å². The molecule has 2 aromatic rings. The number of hydrogen-bond donors (Lipinski definition) is 2. The summed E-state index contributed by atoms with van der Waals surface area (Å²) in [4.78, 5) is 32.1. The fourth-order valence-electron chi connectivity index (χ4n) is 5.41. The standard InChI is InChI=1S/C25H29F3N4O3/c1-2-3-17-4-5-19-22-21(23(34)30-12-8-16-6-10-29-11-7-16)18(15-33)20(14-32(19)24(17)35)31(22)13-9-25(26,27)28/h2-7,10-11,18,20-22,33H,8-9,12-15H2,1H3,(H,30,34)/t18-,20-,21+,22+/m1/s1. The number of carbonyl (C=O) groups excluding carboxylic acids is 1. The van der Waals surface area contributed by atoms with Gasteiger partial charge < -0.3 is 15.0 Å². The van der Waals surface area contributed by atoms with E-state index in [1.807, 2.05) is 12.1 Å². The maximum atomic E-state index is 13.4. The van der Waals surface area contributed by atoms with Crippen LogP contribution in [-0.4, -0.2) is 57.4 Å². The van der Waals surface area contributed by atoms with Gasteiger partial charge in [-0.2, -0.15) is 13.2 Å². The second kappa shape index (κ2) is 10.3. The highest BCUT2D eigenvalue weighted by molar-refractivity contribution is 5.80. The van der Waals surface area contributed by atoms with Crippen molar-refractivity contribution in [1.29, 1.82) is 0 Å². The number of aliphatic hydroxyl groups is 1. The molecule has 10 heteroatoms. The number of aliphatic hydroxyl groups excluding tert-OH is 1. The van der Waals surface area contributed by atoms with Gasteiger partial charge >= 0.3 is 6.18 Å². The van der Waals surface area contributed by atoms with Crippen LogP contribution in [0.5, 0.6) is 0 Å². The van der Waals surface area contributed by atoms with E-state index in [2.05, 4.69) is 10.3 Å². The van der Waals surface area contributed by atoms with Gasteiger partial charge in [-0.1, -0.05) is 12.2 Å². The molecule has 2 N–H and O–H groups in total. The molecule has 0 saturated carbocycles. The maximum absolute atomic E-state index is 13.4. The van der Waals surface area contributed by atoms with Crippen LogP contribution in [0.25, 0.3) is 6.08 Å². The number of nitrogens with zero attached hydrogens (tertiary/aromatic N) is 3. The zero-order chi connectivity index (χ0) is 25.2. The SMILES string of the molecule is CC=Cc1ccc2n(c1=O)C[C@@H]1[C@@H](CO)[C@H](C(=O)NCCc3ccncc3)[C@H]2N1CCC(F)(F)F. The summed E-state index contributed by atoms with van der Waals surface area (Å²) in [6.07, 6.45) is 1.92. The van der Waals surface area contributed by atoms with Crippen molar-refractivity contribution in [3.05, 3.63) is 69.9 Å². The second-order valence-electron chi connectivity index (χ2n) is 9.01. The Bertz CT molecular complexity index is 1130. The van der Waals surface area contributed by atoms with Crippen molar-refractivity contribution in [1.82, 2.24) is 19.8 Å². The van der Waals surface area contributed by atoms with E-state index in [9.17, 15) is 27.9 Å². The number of amides is 1. The topological polar surface area (TPSA) is 87.5 Å². The molecule has 0 unspecified atom stereocenters. The summed E-state index contributed by atoms with van der Waals surface area (Å²) in [5.74, 6) is -1.71. The Labute approximate surface area is 201 Å². The first-order chi connectivity index (χ1) is 16.7. The zero-order valence-corrected chi connectivity index (χ0v) is 19.4. The molecule has 2 aliphatic heterocycles. The summed E-state index contributed by atoms with van der Waals surface area (Å²) in [5.41, 5.74) is 1.72. The minimum Gasteiger partial charge on any atom is -0.396 e. The van der Waals surface area contributed by atoms with Crippen LogP contribution < -0.4 is 10.9 Å². The Balaban J connectivity index is 1.65. The smallest absolute Gasteiger partial charge is 0.390 e. The molecule has 2 aliphatic rings. The first-order valence-electron chi connectivity index (χ1n) is 11.7.